The Hall–Kier alpha value is -1.45. The van der Waals surface area contributed by atoms with Crippen molar-refractivity contribution in [2.24, 2.45) is 0 Å². The molecule has 0 bridgehead atoms. The molecule has 0 aromatic heterocycles. The molecule has 0 spiro atoms. The number of nitriles is 1. The molecule has 1 fully saturated rings. The van der Waals surface area contributed by atoms with Crippen LogP contribution < -0.4 is 0 Å². The fourth-order valence-electron chi connectivity index (χ4n) is 1.58. The molecule has 0 atom stereocenters. The van der Waals surface area contributed by atoms with E-state index in [0.29, 0.717) is 0 Å². The summed E-state index contributed by atoms with van der Waals surface area (Å²) >= 11 is 0. The molecule has 1 aliphatic rings. The van der Waals surface area contributed by atoms with E-state index >= 15 is 0 Å². The number of rotatable bonds is 2. The Morgan fingerprint density at radius 1 is 1.47 bits per heavy atom. The second kappa shape index (κ2) is 3.79. The summed E-state index contributed by atoms with van der Waals surface area (Å²) in [5.74, 6) is -0.472. The fourth-order valence-corrected chi connectivity index (χ4v) is 3.20. The second-order valence-corrected chi connectivity index (χ2v) is 6.27. The summed E-state index contributed by atoms with van der Waals surface area (Å²) in [6.45, 7) is 1.20. The number of hydrogen-bond acceptors (Lipinski definition) is 4. The Balaban J connectivity index is 2.53. The van der Waals surface area contributed by atoms with Gasteiger partial charge in [-0.25, -0.2) is 12.8 Å². The van der Waals surface area contributed by atoms with Gasteiger partial charge in [-0.3, -0.25) is 0 Å². The van der Waals surface area contributed by atoms with E-state index in [0.717, 1.165) is 6.07 Å². The van der Waals surface area contributed by atoms with Crippen molar-refractivity contribution >= 4 is 9.84 Å². The highest BCUT2D eigenvalue weighted by molar-refractivity contribution is 7.93. The standard InChI is InChI=1S/C11H10FNO3S/c1-8-4-9(2-3-10(8)12)17(14,15)11(5-13)6-16-7-11/h2-4H,6-7H2,1H3. The maximum atomic E-state index is 13.1. The van der Waals surface area contributed by atoms with E-state index in [4.69, 9.17) is 10.00 Å². The van der Waals surface area contributed by atoms with E-state index in [2.05, 4.69) is 0 Å². The van der Waals surface area contributed by atoms with Gasteiger partial charge in [0.15, 0.2) is 0 Å². The first-order chi connectivity index (χ1) is 7.93. The van der Waals surface area contributed by atoms with Crippen LogP contribution in [-0.4, -0.2) is 26.4 Å². The van der Waals surface area contributed by atoms with Crippen LogP contribution in [0.5, 0.6) is 0 Å². The molecule has 1 heterocycles. The van der Waals surface area contributed by atoms with Gasteiger partial charge in [-0.2, -0.15) is 5.26 Å². The third kappa shape index (κ3) is 1.63. The van der Waals surface area contributed by atoms with E-state index < -0.39 is 20.4 Å². The van der Waals surface area contributed by atoms with Gasteiger partial charge in [0, 0.05) is 0 Å². The smallest absolute Gasteiger partial charge is 0.208 e. The second-order valence-electron chi connectivity index (χ2n) is 4.01. The molecule has 0 unspecified atom stereocenters. The minimum atomic E-state index is -3.81. The quantitative estimate of drug-likeness (QED) is 0.745. The largest absolute Gasteiger partial charge is 0.376 e. The number of sulfone groups is 1. The molecule has 0 amide bonds. The first kappa shape index (κ1) is 12.0. The zero-order valence-electron chi connectivity index (χ0n) is 9.10. The predicted octanol–water partition coefficient (Wildman–Crippen LogP) is 1.20. The zero-order chi connectivity index (χ0) is 12.7. The average Bonchev–Trinajstić information content (AvgIpc) is 2.20. The van der Waals surface area contributed by atoms with E-state index in [9.17, 15) is 12.8 Å². The SMILES string of the molecule is Cc1cc(S(=O)(=O)C2(C#N)COC2)ccc1F. The molecule has 90 valence electrons. The van der Waals surface area contributed by atoms with Crippen molar-refractivity contribution < 1.29 is 17.5 Å². The molecule has 2 rings (SSSR count). The maximum absolute atomic E-state index is 13.1. The van der Waals surface area contributed by atoms with Crippen LogP contribution in [0.25, 0.3) is 0 Å². The van der Waals surface area contributed by atoms with Gasteiger partial charge >= 0.3 is 0 Å². The van der Waals surface area contributed by atoms with Crippen molar-refractivity contribution in [3.05, 3.63) is 29.6 Å². The highest BCUT2D eigenvalue weighted by Gasteiger charge is 2.52. The van der Waals surface area contributed by atoms with Gasteiger partial charge in [-0.05, 0) is 30.7 Å². The van der Waals surface area contributed by atoms with Gasteiger partial charge in [-0.15, -0.1) is 0 Å². The minimum absolute atomic E-state index is 0.0405. The Morgan fingerprint density at radius 3 is 2.53 bits per heavy atom. The summed E-state index contributed by atoms with van der Waals surface area (Å²) in [6.07, 6.45) is 0. The third-order valence-corrected chi connectivity index (χ3v) is 5.06. The van der Waals surface area contributed by atoms with E-state index in [1.54, 1.807) is 6.07 Å². The van der Waals surface area contributed by atoms with Crippen molar-refractivity contribution in [2.45, 2.75) is 16.6 Å². The van der Waals surface area contributed by atoms with Crippen molar-refractivity contribution in [1.29, 1.82) is 5.26 Å². The molecule has 0 saturated carbocycles. The van der Waals surface area contributed by atoms with Crippen molar-refractivity contribution in [2.75, 3.05) is 13.2 Å². The van der Waals surface area contributed by atoms with Crippen LogP contribution in [0.1, 0.15) is 5.56 Å². The normalized spacial score (nSPS) is 18.2. The first-order valence-electron chi connectivity index (χ1n) is 4.93. The monoisotopic (exact) mass is 255 g/mol. The lowest BCUT2D eigenvalue weighted by atomic mass is 10.1. The van der Waals surface area contributed by atoms with Gasteiger partial charge in [0.05, 0.1) is 24.2 Å². The van der Waals surface area contributed by atoms with E-state index in [-0.39, 0.29) is 23.7 Å². The fraction of sp³-hybridized carbons (Fsp3) is 0.364. The summed E-state index contributed by atoms with van der Waals surface area (Å²) in [4.78, 5) is -0.0405. The van der Waals surface area contributed by atoms with Crippen LogP contribution in [0.4, 0.5) is 4.39 Å². The predicted molar refractivity (Wildman–Crippen MR) is 57.5 cm³/mol. The van der Waals surface area contributed by atoms with Crippen LogP contribution in [-0.2, 0) is 14.6 Å². The molecule has 4 nitrogen and oxygen atoms in total. The lowest BCUT2D eigenvalue weighted by Gasteiger charge is -2.34. The van der Waals surface area contributed by atoms with Gasteiger partial charge < -0.3 is 4.74 Å². The summed E-state index contributed by atoms with van der Waals surface area (Å²) in [5.41, 5.74) is 0.236. The highest BCUT2D eigenvalue weighted by atomic mass is 32.2. The van der Waals surface area contributed by atoms with Crippen LogP contribution in [0, 0.1) is 24.1 Å². The molecule has 6 heteroatoms. The van der Waals surface area contributed by atoms with Crippen molar-refractivity contribution in [3.63, 3.8) is 0 Å². The van der Waals surface area contributed by atoms with E-state index in [1.807, 2.05) is 0 Å². The number of halogens is 1. The molecule has 0 aliphatic carbocycles. The lowest BCUT2D eigenvalue weighted by molar-refractivity contribution is 0.0115. The van der Waals surface area contributed by atoms with Gasteiger partial charge in [0.25, 0.3) is 0 Å². The third-order valence-electron chi connectivity index (χ3n) is 2.83. The summed E-state index contributed by atoms with van der Waals surface area (Å²) in [7, 11) is -3.81. The molecule has 1 aromatic carbocycles. The molecule has 1 saturated heterocycles. The van der Waals surface area contributed by atoms with Crippen molar-refractivity contribution in [3.8, 4) is 6.07 Å². The Kier molecular flexibility index (Phi) is 2.68. The van der Waals surface area contributed by atoms with Gasteiger partial charge in [-0.1, -0.05) is 0 Å². The molecule has 1 aliphatic heterocycles. The van der Waals surface area contributed by atoms with Gasteiger partial charge in [0.2, 0.25) is 14.6 Å². The topological polar surface area (TPSA) is 67.2 Å². The highest BCUT2D eigenvalue weighted by Crippen LogP contribution is 2.32. The summed E-state index contributed by atoms with van der Waals surface area (Å²) in [6, 6.07) is 5.28. The molecule has 1 aromatic rings. The number of nitrogens with zero attached hydrogens (tertiary/aromatic N) is 1. The average molecular weight is 255 g/mol. The molecule has 0 radical (unpaired) electrons. The Bertz CT molecular complexity index is 600. The number of hydrogen-bond donors (Lipinski definition) is 0. The molecule has 0 N–H and O–H groups in total. The number of aryl methyl sites for hydroxylation is 1. The van der Waals surface area contributed by atoms with Crippen LogP contribution >= 0.6 is 0 Å². The first-order valence-corrected chi connectivity index (χ1v) is 6.41. The Morgan fingerprint density at radius 2 is 2.12 bits per heavy atom. The summed E-state index contributed by atoms with van der Waals surface area (Å²) in [5, 5.41) is 8.97. The number of ether oxygens (including phenoxy) is 1. The van der Waals surface area contributed by atoms with Crippen LogP contribution in [0.15, 0.2) is 23.1 Å². The van der Waals surface area contributed by atoms with Crippen molar-refractivity contribution in [1.82, 2.24) is 0 Å². The molecular formula is C11H10FNO3S. The summed E-state index contributed by atoms with van der Waals surface area (Å²) < 4.78 is 40.8. The van der Waals surface area contributed by atoms with Crippen LogP contribution in [0.2, 0.25) is 0 Å². The van der Waals surface area contributed by atoms with Gasteiger partial charge in [0.1, 0.15) is 5.82 Å². The molecular weight excluding hydrogens is 245 g/mol. The lowest BCUT2D eigenvalue weighted by Crippen LogP contribution is -2.54. The minimum Gasteiger partial charge on any atom is -0.376 e. The Labute approximate surface area is 98.5 Å². The van der Waals surface area contributed by atoms with E-state index in [1.165, 1.54) is 19.1 Å². The molecule has 17 heavy (non-hydrogen) atoms. The maximum Gasteiger partial charge on any atom is 0.208 e. The van der Waals surface area contributed by atoms with Crippen LogP contribution in [0.3, 0.4) is 0 Å². The zero-order valence-corrected chi connectivity index (χ0v) is 9.92. The number of benzene rings is 1.